The first kappa shape index (κ1) is 12.1. The minimum absolute atomic E-state index is 0.153. The lowest BCUT2D eigenvalue weighted by molar-refractivity contribution is 0.208. The van der Waals surface area contributed by atoms with Gasteiger partial charge in [0.25, 0.3) is 0 Å². The summed E-state index contributed by atoms with van der Waals surface area (Å²) in [5, 5.41) is 14.0. The van der Waals surface area contributed by atoms with Crippen molar-refractivity contribution in [1.82, 2.24) is 9.78 Å². The van der Waals surface area contributed by atoms with Gasteiger partial charge in [-0.05, 0) is 54.0 Å². The number of aliphatic hydroxyl groups is 1. The quantitative estimate of drug-likeness (QED) is 0.903. The van der Waals surface area contributed by atoms with Crippen molar-refractivity contribution < 1.29 is 5.11 Å². The molecule has 0 aliphatic heterocycles. The van der Waals surface area contributed by atoms with Crippen LogP contribution in [0.5, 0.6) is 0 Å². The van der Waals surface area contributed by atoms with E-state index in [0.29, 0.717) is 6.61 Å². The molecule has 0 unspecified atom stereocenters. The third-order valence-corrected chi connectivity index (χ3v) is 4.44. The summed E-state index contributed by atoms with van der Waals surface area (Å²) < 4.78 is 3.22. The highest BCUT2D eigenvalue weighted by molar-refractivity contribution is 9.10. The fourth-order valence-corrected chi connectivity index (χ4v) is 2.81. The Morgan fingerprint density at radius 1 is 1.44 bits per heavy atom. The standard InChI is InChI=1S/C12H19BrN2O/c1-3-9-11(13)10(15(4-2)14-9)7-12(8-16)5-6-12/h16H,3-8H2,1-2H3. The Balaban J connectivity index is 2.28. The van der Waals surface area contributed by atoms with E-state index in [1.807, 2.05) is 0 Å². The SMILES string of the molecule is CCc1nn(CC)c(CC2(CO)CC2)c1Br. The summed E-state index contributed by atoms with van der Waals surface area (Å²) in [6.07, 6.45) is 4.19. The van der Waals surface area contributed by atoms with Gasteiger partial charge in [0.1, 0.15) is 0 Å². The Kier molecular flexibility index (Phi) is 3.40. The zero-order valence-corrected chi connectivity index (χ0v) is 11.5. The van der Waals surface area contributed by atoms with Crippen molar-refractivity contribution in [3.05, 3.63) is 15.9 Å². The summed E-state index contributed by atoms with van der Waals surface area (Å²) in [6, 6.07) is 0. The van der Waals surface area contributed by atoms with Gasteiger partial charge in [-0.3, -0.25) is 4.68 Å². The average molecular weight is 287 g/mol. The second-order valence-corrected chi connectivity index (χ2v) is 5.50. The zero-order chi connectivity index (χ0) is 11.8. The molecule has 0 amide bonds. The lowest BCUT2D eigenvalue weighted by atomic mass is 10.0. The first-order chi connectivity index (χ1) is 7.65. The topological polar surface area (TPSA) is 38.0 Å². The van der Waals surface area contributed by atoms with Crippen LogP contribution in [0.3, 0.4) is 0 Å². The normalized spacial score (nSPS) is 17.8. The maximum atomic E-state index is 9.39. The fourth-order valence-electron chi connectivity index (χ4n) is 2.11. The number of aromatic nitrogens is 2. The van der Waals surface area contributed by atoms with Gasteiger partial charge in [0.05, 0.1) is 15.9 Å². The van der Waals surface area contributed by atoms with Crippen LogP contribution in [-0.2, 0) is 19.4 Å². The van der Waals surface area contributed by atoms with Gasteiger partial charge in [-0.15, -0.1) is 0 Å². The van der Waals surface area contributed by atoms with E-state index >= 15 is 0 Å². The predicted molar refractivity (Wildman–Crippen MR) is 67.4 cm³/mol. The highest BCUT2D eigenvalue weighted by Gasteiger charge is 2.43. The number of hydrogen-bond acceptors (Lipinski definition) is 2. The Morgan fingerprint density at radius 3 is 2.56 bits per heavy atom. The first-order valence-corrected chi connectivity index (χ1v) is 6.80. The van der Waals surface area contributed by atoms with Crippen molar-refractivity contribution in [2.75, 3.05) is 6.61 Å². The summed E-state index contributed by atoms with van der Waals surface area (Å²) >= 11 is 3.65. The van der Waals surface area contributed by atoms with Crippen molar-refractivity contribution in [1.29, 1.82) is 0 Å². The molecule has 4 heteroatoms. The Hall–Kier alpha value is -0.350. The van der Waals surface area contributed by atoms with Gasteiger partial charge in [0.15, 0.2) is 0 Å². The second-order valence-electron chi connectivity index (χ2n) is 4.71. The molecule has 0 atom stereocenters. The minimum atomic E-state index is 0.153. The van der Waals surface area contributed by atoms with Crippen molar-refractivity contribution in [3.8, 4) is 0 Å². The number of hydrogen-bond donors (Lipinski definition) is 1. The highest BCUT2D eigenvalue weighted by Crippen LogP contribution is 2.48. The summed E-state index contributed by atoms with van der Waals surface area (Å²) in [6.45, 7) is 5.43. The fraction of sp³-hybridized carbons (Fsp3) is 0.750. The van der Waals surface area contributed by atoms with Gasteiger partial charge >= 0.3 is 0 Å². The molecule has 0 saturated heterocycles. The van der Waals surface area contributed by atoms with Crippen LogP contribution in [0.4, 0.5) is 0 Å². The molecule has 16 heavy (non-hydrogen) atoms. The van der Waals surface area contributed by atoms with Crippen LogP contribution in [0.1, 0.15) is 38.1 Å². The van der Waals surface area contributed by atoms with E-state index in [0.717, 1.165) is 42.4 Å². The predicted octanol–water partition coefficient (Wildman–Crippen LogP) is 2.54. The van der Waals surface area contributed by atoms with Gasteiger partial charge < -0.3 is 5.11 Å². The van der Waals surface area contributed by atoms with Crippen LogP contribution in [0.25, 0.3) is 0 Å². The monoisotopic (exact) mass is 286 g/mol. The molecule has 1 fully saturated rings. The summed E-state index contributed by atoms with van der Waals surface area (Å²) in [5.74, 6) is 0. The molecule has 1 aromatic rings. The van der Waals surface area contributed by atoms with Crippen LogP contribution in [0.15, 0.2) is 4.47 Å². The number of aryl methyl sites for hydroxylation is 2. The minimum Gasteiger partial charge on any atom is -0.396 e. The maximum Gasteiger partial charge on any atom is 0.0766 e. The van der Waals surface area contributed by atoms with Gasteiger partial charge in [0, 0.05) is 13.2 Å². The van der Waals surface area contributed by atoms with E-state index in [-0.39, 0.29) is 5.41 Å². The molecule has 0 bridgehead atoms. The number of nitrogens with zero attached hydrogens (tertiary/aromatic N) is 2. The number of halogens is 1. The molecule has 1 N–H and O–H groups in total. The van der Waals surface area contributed by atoms with Crippen molar-refractivity contribution in [3.63, 3.8) is 0 Å². The molecule has 0 radical (unpaired) electrons. The molecular weight excluding hydrogens is 268 g/mol. The second kappa shape index (κ2) is 4.49. The van der Waals surface area contributed by atoms with Crippen LogP contribution < -0.4 is 0 Å². The molecule has 0 aromatic carbocycles. The molecular formula is C12H19BrN2O. The average Bonchev–Trinajstić information content (AvgIpc) is 3.02. The van der Waals surface area contributed by atoms with Gasteiger partial charge in [-0.25, -0.2) is 0 Å². The molecule has 1 aromatic heterocycles. The van der Waals surface area contributed by atoms with E-state index in [1.165, 1.54) is 5.69 Å². The molecule has 1 aliphatic carbocycles. The Bertz CT molecular complexity index is 383. The van der Waals surface area contributed by atoms with Crippen LogP contribution in [0.2, 0.25) is 0 Å². The van der Waals surface area contributed by atoms with E-state index in [4.69, 9.17) is 0 Å². The van der Waals surface area contributed by atoms with Crippen LogP contribution >= 0.6 is 15.9 Å². The number of rotatable bonds is 5. The van der Waals surface area contributed by atoms with E-state index < -0.39 is 0 Å². The lowest BCUT2D eigenvalue weighted by Gasteiger charge is -2.12. The van der Waals surface area contributed by atoms with Gasteiger partial charge in [0.2, 0.25) is 0 Å². The molecule has 0 spiro atoms. The van der Waals surface area contributed by atoms with Crippen molar-refractivity contribution >= 4 is 15.9 Å². The van der Waals surface area contributed by atoms with Crippen LogP contribution in [-0.4, -0.2) is 21.5 Å². The smallest absolute Gasteiger partial charge is 0.0766 e. The van der Waals surface area contributed by atoms with Gasteiger partial charge in [-0.1, -0.05) is 6.92 Å². The molecule has 2 rings (SSSR count). The largest absolute Gasteiger partial charge is 0.396 e. The lowest BCUT2D eigenvalue weighted by Crippen LogP contribution is -2.14. The van der Waals surface area contributed by atoms with E-state index in [1.54, 1.807) is 0 Å². The number of aliphatic hydroxyl groups excluding tert-OH is 1. The van der Waals surface area contributed by atoms with Crippen molar-refractivity contribution in [2.45, 2.75) is 46.1 Å². The third-order valence-electron chi connectivity index (χ3n) is 3.53. The summed E-state index contributed by atoms with van der Waals surface area (Å²) in [5.41, 5.74) is 2.54. The van der Waals surface area contributed by atoms with Crippen LogP contribution in [0, 0.1) is 5.41 Å². The molecule has 3 nitrogen and oxygen atoms in total. The van der Waals surface area contributed by atoms with Gasteiger partial charge in [-0.2, -0.15) is 5.10 Å². The first-order valence-electron chi connectivity index (χ1n) is 6.00. The molecule has 1 aliphatic rings. The maximum absolute atomic E-state index is 9.39. The Morgan fingerprint density at radius 2 is 2.12 bits per heavy atom. The summed E-state index contributed by atoms with van der Waals surface area (Å²) in [7, 11) is 0. The van der Waals surface area contributed by atoms with E-state index in [9.17, 15) is 5.11 Å². The highest BCUT2D eigenvalue weighted by atomic mass is 79.9. The molecule has 90 valence electrons. The van der Waals surface area contributed by atoms with E-state index in [2.05, 4.69) is 39.6 Å². The molecule has 1 saturated carbocycles. The summed E-state index contributed by atoms with van der Waals surface area (Å²) in [4.78, 5) is 0. The third kappa shape index (κ3) is 2.05. The Labute approximate surface area is 105 Å². The molecule has 1 heterocycles. The zero-order valence-electron chi connectivity index (χ0n) is 9.96. The van der Waals surface area contributed by atoms with Crippen molar-refractivity contribution in [2.24, 2.45) is 5.41 Å².